The van der Waals surface area contributed by atoms with Crippen LogP contribution in [-0.4, -0.2) is 14.7 Å². The zero-order chi connectivity index (χ0) is 13.9. The quantitative estimate of drug-likeness (QED) is 0.829. The molecule has 2 nitrogen and oxygen atoms in total. The highest BCUT2D eigenvalue weighted by atomic mass is 32.2. The van der Waals surface area contributed by atoms with Gasteiger partial charge in [0.1, 0.15) is 0 Å². The molecule has 106 valence electrons. The maximum atomic E-state index is 11.4. The first-order chi connectivity index (χ1) is 8.97. The van der Waals surface area contributed by atoms with Crippen molar-refractivity contribution in [1.29, 1.82) is 0 Å². The summed E-state index contributed by atoms with van der Waals surface area (Å²) >= 11 is 0. The lowest BCUT2D eigenvalue weighted by Gasteiger charge is -2.24. The van der Waals surface area contributed by atoms with Gasteiger partial charge in [-0.05, 0) is 36.0 Å². The van der Waals surface area contributed by atoms with Gasteiger partial charge in [0, 0.05) is 6.26 Å². The molecule has 1 aromatic carbocycles. The highest BCUT2D eigenvalue weighted by molar-refractivity contribution is 7.90. The summed E-state index contributed by atoms with van der Waals surface area (Å²) in [6.45, 7) is 2.25. The minimum absolute atomic E-state index is 0.418. The Kier molecular flexibility index (Phi) is 4.67. The standard InChI is InChI=1S/C16H24O2S/c1-13(12-14-6-4-3-5-7-14)15-8-10-16(11-9-15)19(2,17)18/h8-11,13-14H,3-7,12H2,1-2H3/t13-/m0/s1. The second-order valence-electron chi connectivity index (χ2n) is 5.98. The van der Waals surface area contributed by atoms with Crippen molar-refractivity contribution in [3.8, 4) is 0 Å². The van der Waals surface area contributed by atoms with Crippen molar-refractivity contribution >= 4 is 9.84 Å². The zero-order valence-corrected chi connectivity index (χ0v) is 12.7. The largest absolute Gasteiger partial charge is 0.224 e. The maximum absolute atomic E-state index is 11.4. The summed E-state index contributed by atoms with van der Waals surface area (Å²) < 4.78 is 22.9. The van der Waals surface area contributed by atoms with E-state index in [1.165, 1.54) is 50.3 Å². The lowest BCUT2D eigenvalue weighted by atomic mass is 9.81. The molecule has 1 fully saturated rings. The molecule has 0 amide bonds. The fraction of sp³-hybridized carbons (Fsp3) is 0.625. The zero-order valence-electron chi connectivity index (χ0n) is 11.9. The van der Waals surface area contributed by atoms with Gasteiger partial charge < -0.3 is 0 Å². The summed E-state index contributed by atoms with van der Waals surface area (Å²) in [6.07, 6.45) is 9.38. The van der Waals surface area contributed by atoms with E-state index < -0.39 is 9.84 Å². The van der Waals surface area contributed by atoms with Gasteiger partial charge in [0.25, 0.3) is 0 Å². The van der Waals surface area contributed by atoms with E-state index in [2.05, 4.69) is 6.92 Å². The Morgan fingerprint density at radius 2 is 1.68 bits per heavy atom. The number of hydrogen-bond donors (Lipinski definition) is 0. The van der Waals surface area contributed by atoms with Crippen molar-refractivity contribution in [2.45, 2.75) is 56.3 Å². The van der Waals surface area contributed by atoms with Crippen LogP contribution in [0.4, 0.5) is 0 Å². The fourth-order valence-electron chi connectivity index (χ4n) is 3.10. The summed E-state index contributed by atoms with van der Waals surface area (Å²) in [5.74, 6) is 1.38. The molecular weight excluding hydrogens is 256 g/mol. The van der Waals surface area contributed by atoms with Crippen LogP contribution < -0.4 is 0 Å². The van der Waals surface area contributed by atoms with Crippen LogP contribution in [-0.2, 0) is 9.84 Å². The number of hydrogen-bond acceptors (Lipinski definition) is 2. The molecule has 3 heteroatoms. The van der Waals surface area contributed by atoms with Gasteiger partial charge in [-0.3, -0.25) is 0 Å². The van der Waals surface area contributed by atoms with Crippen molar-refractivity contribution in [2.75, 3.05) is 6.26 Å². The molecule has 0 unspecified atom stereocenters. The molecule has 1 aliphatic rings. The molecule has 0 spiro atoms. The van der Waals surface area contributed by atoms with Gasteiger partial charge in [-0.1, -0.05) is 51.2 Å². The first-order valence-electron chi connectivity index (χ1n) is 7.27. The van der Waals surface area contributed by atoms with Gasteiger partial charge in [-0.25, -0.2) is 8.42 Å². The summed E-state index contributed by atoms with van der Waals surface area (Å²) in [5.41, 5.74) is 1.26. The highest BCUT2D eigenvalue weighted by Crippen LogP contribution is 2.32. The minimum Gasteiger partial charge on any atom is -0.224 e. The monoisotopic (exact) mass is 280 g/mol. The van der Waals surface area contributed by atoms with Gasteiger partial charge in [0.2, 0.25) is 0 Å². The van der Waals surface area contributed by atoms with E-state index in [9.17, 15) is 8.42 Å². The maximum Gasteiger partial charge on any atom is 0.175 e. The molecule has 0 heterocycles. The number of rotatable bonds is 4. The van der Waals surface area contributed by atoms with Crippen molar-refractivity contribution in [1.82, 2.24) is 0 Å². The molecule has 0 aromatic heterocycles. The van der Waals surface area contributed by atoms with E-state index in [0.29, 0.717) is 10.8 Å². The van der Waals surface area contributed by atoms with E-state index in [0.717, 1.165) is 5.92 Å². The van der Waals surface area contributed by atoms with Gasteiger partial charge >= 0.3 is 0 Å². The molecule has 1 saturated carbocycles. The Morgan fingerprint density at radius 1 is 1.11 bits per heavy atom. The Hall–Kier alpha value is -0.830. The van der Waals surface area contributed by atoms with Crippen molar-refractivity contribution in [3.63, 3.8) is 0 Å². The van der Waals surface area contributed by atoms with E-state index in [1.807, 2.05) is 12.1 Å². The highest BCUT2D eigenvalue weighted by Gasteiger charge is 2.17. The fourth-order valence-corrected chi connectivity index (χ4v) is 3.73. The third-order valence-corrected chi connectivity index (χ3v) is 5.42. The van der Waals surface area contributed by atoms with Crippen LogP contribution in [0.1, 0.15) is 56.9 Å². The SMILES string of the molecule is C[C@@H](CC1CCCCC1)c1ccc(S(C)(=O)=O)cc1. The molecule has 0 radical (unpaired) electrons. The summed E-state index contributed by atoms with van der Waals surface area (Å²) in [4.78, 5) is 0.418. The van der Waals surface area contributed by atoms with Crippen LogP contribution >= 0.6 is 0 Å². The molecule has 0 aliphatic heterocycles. The van der Waals surface area contributed by atoms with Crippen molar-refractivity contribution in [3.05, 3.63) is 29.8 Å². The average Bonchev–Trinajstić information content (AvgIpc) is 2.39. The van der Waals surface area contributed by atoms with E-state index in [4.69, 9.17) is 0 Å². The van der Waals surface area contributed by atoms with Crippen molar-refractivity contribution < 1.29 is 8.42 Å². The Labute approximate surface area is 117 Å². The molecule has 1 atom stereocenters. The predicted octanol–water partition coefficient (Wildman–Crippen LogP) is 4.16. The van der Waals surface area contributed by atoms with Crippen LogP contribution in [0.25, 0.3) is 0 Å². The van der Waals surface area contributed by atoms with E-state index >= 15 is 0 Å². The molecule has 19 heavy (non-hydrogen) atoms. The van der Waals surface area contributed by atoms with Gasteiger partial charge in [-0.15, -0.1) is 0 Å². The number of benzene rings is 1. The second kappa shape index (κ2) is 6.08. The van der Waals surface area contributed by atoms with Gasteiger partial charge in [-0.2, -0.15) is 0 Å². The molecule has 1 aliphatic carbocycles. The van der Waals surface area contributed by atoms with Gasteiger partial charge in [0.15, 0.2) is 9.84 Å². The van der Waals surface area contributed by atoms with Crippen LogP contribution in [0.15, 0.2) is 29.2 Å². The van der Waals surface area contributed by atoms with Crippen LogP contribution in [0.2, 0.25) is 0 Å². The van der Waals surface area contributed by atoms with Crippen LogP contribution in [0.3, 0.4) is 0 Å². The second-order valence-corrected chi connectivity index (χ2v) is 8.00. The first-order valence-corrected chi connectivity index (χ1v) is 9.16. The smallest absolute Gasteiger partial charge is 0.175 e. The third-order valence-electron chi connectivity index (χ3n) is 4.29. The van der Waals surface area contributed by atoms with E-state index in [-0.39, 0.29) is 0 Å². The van der Waals surface area contributed by atoms with E-state index in [1.54, 1.807) is 12.1 Å². The lowest BCUT2D eigenvalue weighted by molar-refractivity contribution is 0.323. The summed E-state index contributed by atoms with van der Waals surface area (Å²) in [5, 5.41) is 0. The first kappa shape index (κ1) is 14.6. The Bertz CT molecular complexity index is 496. The number of sulfone groups is 1. The van der Waals surface area contributed by atoms with Crippen molar-refractivity contribution in [2.24, 2.45) is 5.92 Å². The normalized spacial score (nSPS) is 19.3. The molecule has 2 rings (SSSR count). The molecule has 0 bridgehead atoms. The predicted molar refractivity (Wildman–Crippen MR) is 79.2 cm³/mol. The van der Waals surface area contributed by atoms with Crippen LogP contribution in [0.5, 0.6) is 0 Å². The minimum atomic E-state index is -3.07. The third kappa shape index (κ3) is 4.07. The Morgan fingerprint density at radius 3 is 2.21 bits per heavy atom. The topological polar surface area (TPSA) is 34.1 Å². The summed E-state index contributed by atoms with van der Waals surface area (Å²) in [7, 11) is -3.07. The molecule has 0 saturated heterocycles. The molecule has 0 N–H and O–H groups in total. The molecular formula is C16H24O2S. The van der Waals surface area contributed by atoms with Gasteiger partial charge in [0.05, 0.1) is 4.90 Å². The Balaban J connectivity index is 2.01. The molecule has 1 aromatic rings. The average molecular weight is 280 g/mol. The lowest BCUT2D eigenvalue weighted by Crippen LogP contribution is -2.09. The summed E-state index contributed by atoms with van der Waals surface area (Å²) in [6, 6.07) is 7.43. The van der Waals surface area contributed by atoms with Crippen LogP contribution in [0, 0.1) is 5.92 Å².